The number of aromatic nitrogens is 2. The van der Waals surface area contributed by atoms with Crippen molar-refractivity contribution in [2.24, 2.45) is 0 Å². The second-order valence-electron chi connectivity index (χ2n) is 2.38. The number of aryl methyl sites for hydroxylation is 1. The smallest absolute Gasteiger partial charge is 0.219 e. The maximum atomic E-state index is 8.61. The molecule has 0 aromatic carbocycles. The van der Waals surface area contributed by atoms with Gasteiger partial charge in [-0.1, -0.05) is 0 Å². The Bertz CT molecular complexity index is 240. The first-order chi connectivity index (χ1) is 5.88. The Morgan fingerprint density at radius 2 is 2.42 bits per heavy atom. The Morgan fingerprint density at radius 1 is 1.58 bits per heavy atom. The molecule has 4 heteroatoms. The van der Waals surface area contributed by atoms with Crippen LogP contribution >= 0.6 is 0 Å². The summed E-state index contributed by atoms with van der Waals surface area (Å²) in [6.07, 6.45) is 4.62. The molecule has 1 N–H and O–H groups in total. The molecule has 0 saturated heterocycles. The molecule has 0 saturated carbocycles. The van der Waals surface area contributed by atoms with E-state index in [1.165, 1.54) is 6.33 Å². The quantitative estimate of drug-likeness (QED) is 0.707. The maximum Gasteiger partial charge on any atom is 0.219 e. The number of methoxy groups -OCH3 is 1. The van der Waals surface area contributed by atoms with Gasteiger partial charge in [-0.2, -0.15) is 0 Å². The van der Waals surface area contributed by atoms with E-state index in [9.17, 15) is 0 Å². The maximum absolute atomic E-state index is 8.61. The van der Waals surface area contributed by atoms with Crippen molar-refractivity contribution >= 4 is 0 Å². The summed E-state index contributed by atoms with van der Waals surface area (Å²) in [5.41, 5.74) is 0.939. The number of aliphatic hydroxyl groups is 1. The average molecular weight is 168 g/mol. The van der Waals surface area contributed by atoms with E-state index >= 15 is 0 Å². The van der Waals surface area contributed by atoms with E-state index in [1.54, 1.807) is 13.3 Å². The predicted molar refractivity (Wildman–Crippen MR) is 44.0 cm³/mol. The van der Waals surface area contributed by atoms with Crippen LogP contribution in [0.5, 0.6) is 5.88 Å². The Labute approximate surface area is 71.2 Å². The second kappa shape index (κ2) is 4.66. The zero-order valence-electron chi connectivity index (χ0n) is 7.03. The van der Waals surface area contributed by atoms with Gasteiger partial charge in [-0.15, -0.1) is 0 Å². The monoisotopic (exact) mass is 168 g/mol. The van der Waals surface area contributed by atoms with Gasteiger partial charge in [0.25, 0.3) is 0 Å². The molecule has 0 aliphatic rings. The molecule has 0 atom stereocenters. The number of ether oxygens (including phenoxy) is 1. The van der Waals surface area contributed by atoms with Crippen LogP contribution in [0.1, 0.15) is 12.0 Å². The lowest BCUT2D eigenvalue weighted by Crippen LogP contribution is -1.97. The topological polar surface area (TPSA) is 55.2 Å². The highest BCUT2D eigenvalue weighted by atomic mass is 16.5. The minimum Gasteiger partial charge on any atom is -0.481 e. The number of hydrogen-bond acceptors (Lipinski definition) is 4. The summed E-state index contributed by atoms with van der Waals surface area (Å²) in [7, 11) is 1.57. The van der Waals surface area contributed by atoms with Crippen LogP contribution < -0.4 is 4.74 Å². The summed E-state index contributed by atoms with van der Waals surface area (Å²) in [5, 5.41) is 8.61. The van der Waals surface area contributed by atoms with E-state index in [0.717, 1.165) is 12.0 Å². The number of rotatable bonds is 4. The van der Waals surface area contributed by atoms with Gasteiger partial charge >= 0.3 is 0 Å². The molecule has 1 aromatic rings. The summed E-state index contributed by atoms with van der Waals surface area (Å²) >= 11 is 0. The van der Waals surface area contributed by atoms with E-state index in [4.69, 9.17) is 9.84 Å². The van der Waals surface area contributed by atoms with Gasteiger partial charge in [-0.05, 0) is 12.8 Å². The third-order valence-electron chi connectivity index (χ3n) is 1.54. The van der Waals surface area contributed by atoms with Crippen LogP contribution in [0.15, 0.2) is 12.5 Å². The molecule has 0 bridgehead atoms. The number of nitrogens with zero attached hydrogens (tertiary/aromatic N) is 2. The van der Waals surface area contributed by atoms with E-state index < -0.39 is 0 Å². The first-order valence-electron chi connectivity index (χ1n) is 3.82. The third kappa shape index (κ3) is 2.17. The van der Waals surface area contributed by atoms with Crippen LogP contribution in [0, 0.1) is 0 Å². The van der Waals surface area contributed by atoms with Crippen molar-refractivity contribution in [2.45, 2.75) is 12.8 Å². The third-order valence-corrected chi connectivity index (χ3v) is 1.54. The SMILES string of the molecule is COc1ncncc1CCCO. The predicted octanol–water partition coefficient (Wildman–Crippen LogP) is 0.410. The van der Waals surface area contributed by atoms with Crippen LogP contribution in [0.25, 0.3) is 0 Å². The first kappa shape index (κ1) is 8.93. The van der Waals surface area contributed by atoms with Gasteiger partial charge in [0.1, 0.15) is 6.33 Å². The fourth-order valence-corrected chi connectivity index (χ4v) is 0.972. The highest BCUT2D eigenvalue weighted by Crippen LogP contribution is 2.13. The summed E-state index contributed by atoms with van der Waals surface area (Å²) in [5.74, 6) is 0.596. The fraction of sp³-hybridized carbons (Fsp3) is 0.500. The van der Waals surface area contributed by atoms with Crippen molar-refractivity contribution in [1.29, 1.82) is 0 Å². The molecular weight excluding hydrogens is 156 g/mol. The molecule has 66 valence electrons. The minimum absolute atomic E-state index is 0.179. The first-order valence-corrected chi connectivity index (χ1v) is 3.82. The van der Waals surface area contributed by atoms with Crippen LogP contribution in [0.2, 0.25) is 0 Å². The van der Waals surface area contributed by atoms with E-state index in [2.05, 4.69) is 9.97 Å². The molecule has 12 heavy (non-hydrogen) atoms. The Balaban J connectivity index is 2.68. The molecule has 0 amide bonds. The second-order valence-corrected chi connectivity index (χ2v) is 2.38. The van der Waals surface area contributed by atoms with Gasteiger partial charge in [-0.3, -0.25) is 0 Å². The van der Waals surface area contributed by atoms with Crippen LogP contribution in [-0.4, -0.2) is 28.8 Å². The van der Waals surface area contributed by atoms with Gasteiger partial charge in [0.15, 0.2) is 0 Å². The van der Waals surface area contributed by atoms with Gasteiger partial charge in [0.2, 0.25) is 5.88 Å². The van der Waals surface area contributed by atoms with Crippen molar-refractivity contribution in [2.75, 3.05) is 13.7 Å². The highest BCUT2D eigenvalue weighted by Gasteiger charge is 2.02. The Morgan fingerprint density at radius 3 is 3.08 bits per heavy atom. The standard InChI is InChI=1S/C8H12N2O2/c1-12-8-7(3-2-4-11)5-9-6-10-8/h5-6,11H,2-4H2,1H3. The molecule has 0 fully saturated rings. The molecule has 1 rings (SSSR count). The molecule has 1 heterocycles. The molecular formula is C8H12N2O2. The van der Waals surface area contributed by atoms with Crippen LogP contribution in [-0.2, 0) is 6.42 Å². The molecule has 4 nitrogen and oxygen atoms in total. The summed E-state index contributed by atoms with van der Waals surface area (Å²) in [4.78, 5) is 7.81. The number of hydrogen-bond donors (Lipinski definition) is 1. The fourth-order valence-electron chi connectivity index (χ4n) is 0.972. The Kier molecular flexibility index (Phi) is 3.47. The molecule has 1 aromatic heterocycles. The van der Waals surface area contributed by atoms with Gasteiger partial charge in [0.05, 0.1) is 7.11 Å². The van der Waals surface area contributed by atoms with Crippen molar-refractivity contribution in [3.8, 4) is 5.88 Å². The van der Waals surface area contributed by atoms with E-state index in [0.29, 0.717) is 12.3 Å². The molecule has 0 aliphatic carbocycles. The van der Waals surface area contributed by atoms with Crippen LogP contribution in [0.3, 0.4) is 0 Å². The van der Waals surface area contributed by atoms with Gasteiger partial charge < -0.3 is 9.84 Å². The van der Waals surface area contributed by atoms with Crippen molar-refractivity contribution in [3.05, 3.63) is 18.1 Å². The van der Waals surface area contributed by atoms with E-state index in [1.807, 2.05) is 0 Å². The zero-order chi connectivity index (χ0) is 8.81. The zero-order valence-corrected chi connectivity index (χ0v) is 7.03. The molecule has 0 radical (unpaired) electrons. The minimum atomic E-state index is 0.179. The summed E-state index contributed by atoms with van der Waals surface area (Å²) in [6.45, 7) is 0.179. The van der Waals surface area contributed by atoms with Crippen LogP contribution in [0.4, 0.5) is 0 Å². The number of aliphatic hydroxyl groups excluding tert-OH is 1. The van der Waals surface area contributed by atoms with E-state index in [-0.39, 0.29) is 6.61 Å². The largest absolute Gasteiger partial charge is 0.481 e. The molecule has 0 spiro atoms. The summed E-state index contributed by atoms with van der Waals surface area (Å²) < 4.78 is 5.01. The van der Waals surface area contributed by atoms with Crippen molar-refractivity contribution < 1.29 is 9.84 Å². The Hall–Kier alpha value is -1.16. The normalized spacial score (nSPS) is 9.83. The molecule has 0 aliphatic heterocycles. The lowest BCUT2D eigenvalue weighted by Gasteiger charge is -2.03. The van der Waals surface area contributed by atoms with Crippen molar-refractivity contribution in [3.63, 3.8) is 0 Å². The average Bonchev–Trinajstić information content (AvgIpc) is 2.15. The molecule has 0 unspecified atom stereocenters. The van der Waals surface area contributed by atoms with Gasteiger partial charge in [-0.25, -0.2) is 9.97 Å². The highest BCUT2D eigenvalue weighted by molar-refractivity contribution is 5.21. The summed E-state index contributed by atoms with van der Waals surface area (Å²) in [6, 6.07) is 0. The van der Waals surface area contributed by atoms with Crippen molar-refractivity contribution in [1.82, 2.24) is 9.97 Å². The lowest BCUT2D eigenvalue weighted by atomic mass is 10.2. The lowest BCUT2D eigenvalue weighted by molar-refractivity contribution is 0.287. The van der Waals surface area contributed by atoms with Gasteiger partial charge in [0, 0.05) is 18.4 Å².